The van der Waals surface area contributed by atoms with Crippen molar-refractivity contribution in [1.82, 2.24) is 4.72 Å². The van der Waals surface area contributed by atoms with E-state index in [0.29, 0.717) is 0 Å². The van der Waals surface area contributed by atoms with Crippen LogP contribution in [0.1, 0.15) is 6.92 Å². The molecule has 140 valence electrons. The van der Waals surface area contributed by atoms with Crippen LogP contribution >= 0.6 is 0 Å². The molecule has 0 fully saturated rings. The molecule has 0 radical (unpaired) electrons. The number of carbonyl (C=O) groups is 1. The van der Waals surface area contributed by atoms with Gasteiger partial charge in [-0.05, 0) is 49.4 Å². The Morgan fingerprint density at radius 1 is 1.04 bits per heavy atom. The van der Waals surface area contributed by atoms with Crippen LogP contribution in [0.4, 0.5) is 10.1 Å². The Kier molecular flexibility index (Phi) is 5.76. The van der Waals surface area contributed by atoms with E-state index in [9.17, 15) is 26.0 Å². The summed E-state index contributed by atoms with van der Waals surface area (Å²) in [7, 11) is -7.98. The molecule has 0 heterocycles. The molecule has 11 heteroatoms. The molecule has 8 nitrogen and oxygen atoms in total. The number of rotatable bonds is 6. The standard InChI is InChI=1S/C15H16FN3O5S2/c1-10(19-26(23,24)13-7-5-11(16)6-8-13)15(20)18-12-3-2-4-14(9-12)25(17,21)22/h2-10,19H,1H3,(H,18,20)(H2,17,21,22)/t10-/m0/s1. The van der Waals surface area contributed by atoms with Gasteiger partial charge in [0.2, 0.25) is 26.0 Å². The highest BCUT2D eigenvalue weighted by Gasteiger charge is 2.22. The Balaban J connectivity index is 2.11. The number of primary sulfonamides is 1. The quantitative estimate of drug-likeness (QED) is 0.657. The molecule has 0 saturated heterocycles. The Bertz CT molecular complexity index is 1020. The third kappa shape index (κ3) is 5.08. The number of carbonyl (C=O) groups excluding carboxylic acids is 1. The van der Waals surface area contributed by atoms with Gasteiger partial charge < -0.3 is 5.32 Å². The van der Waals surface area contributed by atoms with Crippen LogP contribution in [0.5, 0.6) is 0 Å². The zero-order chi connectivity index (χ0) is 19.5. The van der Waals surface area contributed by atoms with Crippen molar-refractivity contribution in [3.63, 3.8) is 0 Å². The van der Waals surface area contributed by atoms with Crippen molar-refractivity contribution in [2.24, 2.45) is 5.14 Å². The number of anilines is 1. The second-order valence-electron chi connectivity index (χ2n) is 5.36. The van der Waals surface area contributed by atoms with Crippen molar-refractivity contribution in [1.29, 1.82) is 0 Å². The highest BCUT2D eigenvalue weighted by atomic mass is 32.2. The van der Waals surface area contributed by atoms with E-state index >= 15 is 0 Å². The second-order valence-corrected chi connectivity index (χ2v) is 8.63. The number of hydrogen-bond acceptors (Lipinski definition) is 5. The van der Waals surface area contributed by atoms with Crippen LogP contribution in [0.2, 0.25) is 0 Å². The molecule has 2 aromatic rings. The second kappa shape index (κ2) is 7.50. The van der Waals surface area contributed by atoms with Gasteiger partial charge in [0.15, 0.2) is 0 Å². The SMILES string of the molecule is C[C@H](NS(=O)(=O)c1ccc(F)cc1)C(=O)Nc1cccc(S(N)(=O)=O)c1. The fourth-order valence-corrected chi connectivity index (χ4v) is 3.73. The summed E-state index contributed by atoms with van der Waals surface area (Å²) in [5.41, 5.74) is 0.134. The van der Waals surface area contributed by atoms with Crippen LogP contribution in [0.15, 0.2) is 58.3 Å². The number of sulfonamides is 2. The van der Waals surface area contributed by atoms with E-state index in [4.69, 9.17) is 5.14 Å². The molecule has 0 aliphatic carbocycles. The molecule has 2 aromatic carbocycles. The Morgan fingerprint density at radius 2 is 1.65 bits per heavy atom. The molecular formula is C15H16FN3O5S2. The summed E-state index contributed by atoms with van der Waals surface area (Å²) >= 11 is 0. The summed E-state index contributed by atoms with van der Waals surface area (Å²) in [6.45, 7) is 1.31. The molecule has 0 unspecified atom stereocenters. The molecule has 0 aromatic heterocycles. The molecule has 0 saturated carbocycles. The Hall–Kier alpha value is -2.34. The summed E-state index contributed by atoms with van der Waals surface area (Å²) in [6.07, 6.45) is 0. The van der Waals surface area contributed by atoms with Gasteiger partial charge in [0, 0.05) is 5.69 Å². The van der Waals surface area contributed by atoms with Gasteiger partial charge in [0.05, 0.1) is 15.8 Å². The minimum atomic E-state index is -4.04. The van der Waals surface area contributed by atoms with Crippen LogP contribution in [0.25, 0.3) is 0 Å². The molecule has 0 aliphatic rings. The first-order valence-corrected chi connectivity index (χ1v) is 10.2. The predicted octanol–water partition coefficient (Wildman–Crippen LogP) is 0.779. The molecular weight excluding hydrogens is 385 g/mol. The van der Waals surface area contributed by atoms with E-state index in [0.717, 1.165) is 30.3 Å². The molecule has 1 atom stereocenters. The maximum absolute atomic E-state index is 12.9. The fourth-order valence-electron chi connectivity index (χ4n) is 1.97. The van der Waals surface area contributed by atoms with Crippen molar-refractivity contribution in [2.75, 3.05) is 5.32 Å². The van der Waals surface area contributed by atoms with Gasteiger partial charge >= 0.3 is 0 Å². The normalized spacial score (nSPS) is 13.2. The number of halogens is 1. The molecule has 0 bridgehead atoms. The third-order valence-electron chi connectivity index (χ3n) is 3.28. The molecule has 26 heavy (non-hydrogen) atoms. The van der Waals surface area contributed by atoms with Crippen molar-refractivity contribution in [2.45, 2.75) is 22.8 Å². The molecule has 0 aliphatic heterocycles. The molecule has 0 spiro atoms. The van der Waals surface area contributed by atoms with E-state index in [-0.39, 0.29) is 15.5 Å². The van der Waals surface area contributed by atoms with Crippen molar-refractivity contribution in [3.8, 4) is 0 Å². The van der Waals surface area contributed by atoms with Gasteiger partial charge in [-0.3, -0.25) is 4.79 Å². The highest BCUT2D eigenvalue weighted by molar-refractivity contribution is 7.89. The zero-order valence-corrected chi connectivity index (χ0v) is 15.1. The molecule has 4 N–H and O–H groups in total. The summed E-state index contributed by atoms with van der Waals surface area (Å²) in [4.78, 5) is 11.8. The molecule has 1 amide bonds. The third-order valence-corrected chi connectivity index (χ3v) is 5.75. The Morgan fingerprint density at radius 3 is 2.23 bits per heavy atom. The van der Waals surface area contributed by atoms with Gasteiger partial charge in [-0.15, -0.1) is 0 Å². The lowest BCUT2D eigenvalue weighted by molar-refractivity contribution is -0.117. The maximum atomic E-state index is 12.9. The number of amides is 1. The fraction of sp³-hybridized carbons (Fsp3) is 0.133. The van der Waals surface area contributed by atoms with Crippen molar-refractivity contribution in [3.05, 3.63) is 54.3 Å². The largest absolute Gasteiger partial charge is 0.325 e. The first-order chi connectivity index (χ1) is 12.0. The maximum Gasteiger partial charge on any atom is 0.242 e. The first-order valence-electron chi connectivity index (χ1n) is 7.21. The van der Waals surface area contributed by atoms with Crippen molar-refractivity contribution >= 4 is 31.6 Å². The van der Waals surface area contributed by atoms with Crippen LogP contribution in [0.3, 0.4) is 0 Å². The van der Waals surface area contributed by atoms with Gasteiger partial charge in [-0.1, -0.05) is 6.07 Å². The minimum absolute atomic E-state index is 0.134. The number of benzene rings is 2. The topological polar surface area (TPSA) is 135 Å². The summed E-state index contributed by atoms with van der Waals surface area (Å²) in [5, 5.41) is 7.41. The number of nitrogens with one attached hydrogen (secondary N) is 2. The van der Waals surface area contributed by atoms with Gasteiger partial charge in [-0.2, -0.15) is 4.72 Å². The van der Waals surface area contributed by atoms with Gasteiger partial charge in [-0.25, -0.2) is 26.4 Å². The predicted molar refractivity (Wildman–Crippen MR) is 92.6 cm³/mol. The number of nitrogens with two attached hydrogens (primary N) is 1. The van der Waals surface area contributed by atoms with E-state index in [1.54, 1.807) is 0 Å². The van der Waals surface area contributed by atoms with Gasteiger partial charge in [0.25, 0.3) is 0 Å². The van der Waals surface area contributed by atoms with E-state index < -0.39 is 37.8 Å². The lowest BCUT2D eigenvalue weighted by Gasteiger charge is -2.15. The smallest absolute Gasteiger partial charge is 0.242 e. The van der Waals surface area contributed by atoms with Gasteiger partial charge in [0.1, 0.15) is 5.82 Å². The average molecular weight is 401 g/mol. The van der Waals surface area contributed by atoms with E-state index in [1.807, 2.05) is 0 Å². The lowest BCUT2D eigenvalue weighted by Crippen LogP contribution is -2.41. The summed E-state index contributed by atoms with van der Waals surface area (Å²) in [6, 6.07) is 8.13. The van der Waals surface area contributed by atoms with Crippen LogP contribution in [0, 0.1) is 5.82 Å². The van der Waals surface area contributed by atoms with E-state index in [2.05, 4.69) is 10.0 Å². The monoisotopic (exact) mass is 401 g/mol. The minimum Gasteiger partial charge on any atom is -0.325 e. The molecule has 2 rings (SSSR count). The lowest BCUT2D eigenvalue weighted by atomic mass is 10.3. The first kappa shape index (κ1) is 20.0. The van der Waals surface area contributed by atoms with Crippen LogP contribution in [-0.2, 0) is 24.8 Å². The highest BCUT2D eigenvalue weighted by Crippen LogP contribution is 2.15. The van der Waals surface area contributed by atoms with Crippen LogP contribution in [-0.4, -0.2) is 28.8 Å². The Labute approximate surface area is 150 Å². The van der Waals surface area contributed by atoms with Crippen molar-refractivity contribution < 1.29 is 26.0 Å². The summed E-state index contributed by atoms with van der Waals surface area (Å²) < 4.78 is 62.1. The summed E-state index contributed by atoms with van der Waals surface area (Å²) in [5.74, 6) is -1.31. The van der Waals surface area contributed by atoms with Crippen LogP contribution < -0.4 is 15.2 Å². The van der Waals surface area contributed by atoms with E-state index in [1.165, 1.54) is 25.1 Å². The zero-order valence-electron chi connectivity index (χ0n) is 13.5. The number of hydrogen-bond donors (Lipinski definition) is 3. The average Bonchev–Trinajstić information content (AvgIpc) is 2.54.